The molecule has 0 unspecified atom stereocenters. The molecule has 1 heterocycles. The number of carbonyl (C=O) groups excluding carboxylic acids is 1. The van der Waals surface area contributed by atoms with Crippen LogP contribution in [-0.4, -0.2) is 43.7 Å². The molecular formula is C19H22N2O2. The number of nitrogens with zero attached hydrogens (tertiary/aromatic N) is 1. The molecular weight excluding hydrogens is 288 g/mol. The van der Waals surface area contributed by atoms with E-state index in [9.17, 15) is 4.79 Å². The van der Waals surface area contributed by atoms with Gasteiger partial charge in [0.2, 0.25) is 5.91 Å². The van der Waals surface area contributed by atoms with Gasteiger partial charge in [-0.1, -0.05) is 48.5 Å². The number of nitrogens with one attached hydrogen (secondary N) is 1. The lowest BCUT2D eigenvalue weighted by Crippen LogP contribution is -2.41. The first-order valence-electron chi connectivity index (χ1n) is 8.03. The van der Waals surface area contributed by atoms with Gasteiger partial charge in [-0.2, -0.15) is 0 Å². The number of amides is 1. The first-order chi connectivity index (χ1) is 11.3. The first kappa shape index (κ1) is 15.7. The van der Waals surface area contributed by atoms with Crippen LogP contribution < -0.4 is 5.32 Å². The highest BCUT2D eigenvalue weighted by Crippen LogP contribution is 2.19. The molecule has 0 saturated carbocycles. The van der Waals surface area contributed by atoms with Gasteiger partial charge in [0.25, 0.3) is 0 Å². The topological polar surface area (TPSA) is 41.6 Å². The van der Waals surface area contributed by atoms with E-state index in [1.807, 2.05) is 36.4 Å². The molecule has 0 aromatic heterocycles. The SMILES string of the molecule is O=C(CN1CCOCC1)Nc1ccccc1Cc1ccccc1. The van der Waals surface area contributed by atoms with E-state index in [-0.39, 0.29) is 5.91 Å². The smallest absolute Gasteiger partial charge is 0.238 e. The molecule has 1 N–H and O–H groups in total. The second-order valence-electron chi connectivity index (χ2n) is 5.76. The van der Waals surface area contributed by atoms with E-state index >= 15 is 0 Å². The highest BCUT2D eigenvalue weighted by Gasteiger charge is 2.15. The van der Waals surface area contributed by atoms with E-state index in [0.717, 1.165) is 30.8 Å². The highest BCUT2D eigenvalue weighted by molar-refractivity contribution is 5.93. The Morgan fingerprint density at radius 2 is 1.70 bits per heavy atom. The summed E-state index contributed by atoms with van der Waals surface area (Å²) in [5.41, 5.74) is 3.27. The maximum absolute atomic E-state index is 12.3. The van der Waals surface area contributed by atoms with Crippen LogP contribution in [0.25, 0.3) is 0 Å². The van der Waals surface area contributed by atoms with Crippen molar-refractivity contribution in [3.8, 4) is 0 Å². The van der Waals surface area contributed by atoms with Gasteiger partial charge in [0.15, 0.2) is 0 Å². The monoisotopic (exact) mass is 310 g/mol. The molecule has 0 radical (unpaired) electrons. The molecule has 2 aromatic carbocycles. The van der Waals surface area contributed by atoms with E-state index in [1.54, 1.807) is 0 Å². The summed E-state index contributed by atoms with van der Waals surface area (Å²) in [6.45, 7) is 3.47. The summed E-state index contributed by atoms with van der Waals surface area (Å²) in [7, 11) is 0. The van der Waals surface area contributed by atoms with Crippen LogP contribution in [0.2, 0.25) is 0 Å². The molecule has 0 atom stereocenters. The third-order valence-corrected chi connectivity index (χ3v) is 4.00. The van der Waals surface area contributed by atoms with Gasteiger partial charge < -0.3 is 10.1 Å². The minimum atomic E-state index is 0.0346. The van der Waals surface area contributed by atoms with E-state index in [2.05, 4.69) is 28.4 Å². The summed E-state index contributed by atoms with van der Waals surface area (Å²) in [6.07, 6.45) is 0.814. The van der Waals surface area contributed by atoms with Crippen LogP contribution in [0.15, 0.2) is 54.6 Å². The van der Waals surface area contributed by atoms with Crippen molar-refractivity contribution in [1.82, 2.24) is 4.90 Å². The maximum Gasteiger partial charge on any atom is 0.238 e. The Morgan fingerprint density at radius 1 is 1.00 bits per heavy atom. The van der Waals surface area contributed by atoms with Crippen LogP contribution in [0.3, 0.4) is 0 Å². The molecule has 2 aromatic rings. The zero-order valence-corrected chi connectivity index (χ0v) is 13.2. The number of hydrogen-bond donors (Lipinski definition) is 1. The number of hydrogen-bond acceptors (Lipinski definition) is 3. The molecule has 4 heteroatoms. The van der Waals surface area contributed by atoms with Crippen molar-refractivity contribution >= 4 is 11.6 Å². The second kappa shape index (κ2) is 7.90. The predicted molar refractivity (Wildman–Crippen MR) is 91.6 cm³/mol. The van der Waals surface area contributed by atoms with Crippen LogP contribution in [0.5, 0.6) is 0 Å². The van der Waals surface area contributed by atoms with Crippen molar-refractivity contribution in [3.05, 3.63) is 65.7 Å². The van der Waals surface area contributed by atoms with Gasteiger partial charge in [-0.25, -0.2) is 0 Å². The summed E-state index contributed by atoms with van der Waals surface area (Å²) in [5, 5.41) is 3.06. The molecule has 1 amide bonds. The summed E-state index contributed by atoms with van der Waals surface area (Å²) < 4.78 is 5.31. The molecule has 0 aliphatic carbocycles. The number of carbonyl (C=O) groups is 1. The quantitative estimate of drug-likeness (QED) is 0.923. The van der Waals surface area contributed by atoms with Gasteiger partial charge in [-0.05, 0) is 23.6 Å². The van der Waals surface area contributed by atoms with Crippen LogP contribution >= 0.6 is 0 Å². The van der Waals surface area contributed by atoms with Crippen molar-refractivity contribution in [2.45, 2.75) is 6.42 Å². The van der Waals surface area contributed by atoms with E-state index in [0.29, 0.717) is 19.8 Å². The molecule has 120 valence electrons. The molecule has 1 saturated heterocycles. The number of morpholine rings is 1. The molecule has 1 fully saturated rings. The van der Waals surface area contributed by atoms with E-state index in [4.69, 9.17) is 4.74 Å². The highest BCUT2D eigenvalue weighted by atomic mass is 16.5. The van der Waals surface area contributed by atoms with Crippen molar-refractivity contribution in [1.29, 1.82) is 0 Å². The number of rotatable bonds is 5. The van der Waals surface area contributed by atoms with Gasteiger partial charge in [-0.3, -0.25) is 9.69 Å². The zero-order valence-electron chi connectivity index (χ0n) is 13.2. The number of benzene rings is 2. The fourth-order valence-corrected chi connectivity index (χ4v) is 2.76. The summed E-state index contributed by atoms with van der Waals surface area (Å²) in [5.74, 6) is 0.0346. The van der Waals surface area contributed by atoms with Gasteiger partial charge >= 0.3 is 0 Å². The fourth-order valence-electron chi connectivity index (χ4n) is 2.76. The molecule has 0 bridgehead atoms. The Kier molecular flexibility index (Phi) is 5.40. The Balaban J connectivity index is 1.64. The third-order valence-electron chi connectivity index (χ3n) is 4.00. The minimum absolute atomic E-state index is 0.0346. The van der Waals surface area contributed by atoms with Gasteiger partial charge in [0.05, 0.1) is 19.8 Å². The largest absolute Gasteiger partial charge is 0.379 e. The first-order valence-corrected chi connectivity index (χ1v) is 8.03. The summed E-state index contributed by atoms with van der Waals surface area (Å²) >= 11 is 0. The number of para-hydroxylation sites is 1. The van der Waals surface area contributed by atoms with Crippen molar-refractivity contribution < 1.29 is 9.53 Å². The normalized spacial score (nSPS) is 15.3. The lowest BCUT2D eigenvalue weighted by Gasteiger charge is -2.26. The average molecular weight is 310 g/mol. The summed E-state index contributed by atoms with van der Waals surface area (Å²) in [4.78, 5) is 14.4. The standard InChI is InChI=1S/C19H22N2O2/c22-19(15-21-10-12-23-13-11-21)20-18-9-5-4-8-17(18)14-16-6-2-1-3-7-16/h1-9H,10-15H2,(H,20,22). The van der Waals surface area contributed by atoms with Crippen LogP contribution in [0, 0.1) is 0 Å². The van der Waals surface area contributed by atoms with E-state index in [1.165, 1.54) is 5.56 Å². The Labute approximate surface area is 137 Å². The van der Waals surface area contributed by atoms with Crippen LogP contribution in [-0.2, 0) is 16.0 Å². The number of anilines is 1. The van der Waals surface area contributed by atoms with Crippen molar-refractivity contribution in [2.24, 2.45) is 0 Å². The lowest BCUT2D eigenvalue weighted by atomic mass is 10.0. The Hall–Kier alpha value is -2.17. The van der Waals surface area contributed by atoms with Gasteiger partial charge in [0.1, 0.15) is 0 Å². The Bertz CT molecular complexity index is 637. The molecule has 23 heavy (non-hydrogen) atoms. The third kappa shape index (κ3) is 4.65. The lowest BCUT2D eigenvalue weighted by molar-refractivity contribution is -0.118. The maximum atomic E-state index is 12.3. The average Bonchev–Trinajstić information content (AvgIpc) is 2.58. The molecule has 1 aliphatic rings. The molecule has 0 spiro atoms. The number of ether oxygens (including phenoxy) is 1. The fraction of sp³-hybridized carbons (Fsp3) is 0.316. The minimum Gasteiger partial charge on any atom is -0.379 e. The molecule has 4 nitrogen and oxygen atoms in total. The predicted octanol–water partition coefficient (Wildman–Crippen LogP) is 2.55. The van der Waals surface area contributed by atoms with Crippen LogP contribution in [0.4, 0.5) is 5.69 Å². The molecule has 1 aliphatic heterocycles. The summed E-state index contributed by atoms with van der Waals surface area (Å²) in [6, 6.07) is 18.3. The second-order valence-corrected chi connectivity index (χ2v) is 5.76. The van der Waals surface area contributed by atoms with E-state index < -0.39 is 0 Å². The Morgan fingerprint density at radius 3 is 2.48 bits per heavy atom. The van der Waals surface area contributed by atoms with Gasteiger partial charge in [0, 0.05) is 18.8 Å². The van der Waals surface area contributed by atoms with Crippen molar-refractivity contribution in [2.75, 3.05) is 38.2 Å². The zero-order chi connectivity index (χ0) is 15.9. The van der Waals surface area contributed by atoms with Gasteiger partial charge in [-0.15, -0.1) is 0 Å². The molecule has 3 rings (SSSR count). The van der Waals surface area contributed by atoms with Crippen LogP contribution in [0.1, 0.15) is 11.1 Å². The van der Waals surface area contributed by atoms with Crippen molar-refractivity contribution in [3.63, 3.8) is 0 Å².